The monoisotopic (exact) mass is 176 g/mol. The van der Waals surface area contributed by atoms with Gasteiger partial charge < -0.3 is 10.2 Å². The normalized spacial score (nSPS) is 17.6. The number of nitrogens with zero attached hydrogens (tertiary/aromatic N) is 1. The molecule has 12 heavy (non-hydrogen) atoms. The van der Waals surface area contributed by atoms with Crippen LogP contribution in [0.3, 0.4) is 0 Å². The highest BCUT2D eigenvalue weighted by Crippen LogP contribution is 1.91. The minimum atomic E-state index is -0.752. The van der Waals surface area contributed by atoms with Gasteiger partial charge in [0, 0.05) is 26.2 Å². The predicted molar refractivity (Wildman–Crippen MR) is 42.1 cm³/mol. The van der Waals surface area contributed by atoms with Gasteiger partial charge in [-0.1, -0.05) is 0 Å². The molecule has 5 nitrogen and oxygen atoms in total. The number of rotatable bonds is 2. The third kappa shape index (κ3) is 2.63. The molecule has 1 saturated heterocycles. The lowest BCUT2D eigenvalue weighted by Gasteiger charge is -2.27. The van der Waals surface area contributed by atoms with Crippen molar-refractivity contribution in [1.82, 2.24) is 21.1 Å². The average molecular weight is 176 g/mol. The number of halogens is 1. The quantitative estimate of drug-likeness (QED) is 0.375. The van der Waals surface area contributed by atoms with Crippen molar-refractivity contribution in [2.24, 2.45) is 0 Å². The molecular formula is C6H13FN4O. The van der Waals surface area contributed by atoms with Crippen LogP contribution in [-0.2, 0) is 0 Å². The van der Waals surface area contributed by atoms with E-state index in [1.165, 1.54) is 0 Å². The molecule has 1 aliphatic rings. The Bertz CT molecular complexity index is 148. The van der Waals surface area contributed by atoms with Crippen LogP contribution >= 0.6 is 0 Å². The average Bonchev–Trinajstić information content (AvgIpc) is 2.15. The second kappa shape index (κ2) is 4.89. The standard InChI is InChI=1S/C6H13FN4O/c7-5-9-10-6(12)11-3-1-8-2-4-11/h8-9H,1-5H2,(H,10,12). The minimum absolute atomic E-state index is 0.269. The van der Waals surface area contributed by atoms with Crippen LogP contribution in [0, 0.1) is 0 Å². The number of carbonyl (C=O) groups is 1. The number of hydrogen-bond acceptors (Lipinski definition) is 3. The van der Waals surface area contributed by atoms with Crippen LogP contribution in [0.15, 0.2) is 0 Å². The zero-order valence-electron chi connectivity index (χ0n) is 6.77. The largest absolute Gasteiger partial charge is 0.331 e. The summed E-state index contributed by atoms with van der Waals surface area (Å²) in [7, 11) is 0. The summed E-state index contributed by atoms with van der Waals surface area (Å²) in [6, 6.07) is -0.269. The lowest BCUT2D eigenvalue weighted by atomic mass is 10.4. The number of hydrogen-bond donors (Lipinski definition) is 3. The van der Waals surface area contributed by atoms with E-state index in [2.05, 4.69) is 16.2 Å². The van der Waals surface area contributed by atoms with Gasteiger partial charge in [-0.05, 0) is 0 Å². The summed E-state index contributed by atoms with van der Waals surface area (Å²) < 4.78 is 11.6. The summed E-state index contributed by atoms with van der Waals surface area (Å²) in [5, 5.41) is 3.11. The Hall–Kier alpha value is -0.880. The van der Waals surface area contributed by atoms with Gasteiger partial charge in [0.05, 0.1) is 0 Å². The van der Waals surface area contributed by atoms with Gasteiger partial charge in [-0.2, -0.15) is 0 Å². The molecule has 70 valence electrons. The van der Waals surface area contributed by atoms with Gasteiger partial charge in [0.1, 0.15) is 0 Å². The molecule has 6 heteroatoms. The zero-order valence-corrected chi connectivity index (χ0v) is 6.77. The van der Waals surface area contributed by atoms with Gasteiger partial charge in [0.2, 0.25) is 0 Å². The zero-order chi connectivity index (χ0) is 8.81. The van der Waals surface area contributed by atoms with E-state index in [-0.39, 0.29) is 6.03 Å². The molecular weight excluding hydrogens is 163 g/mol. The maximum Gasteiger partial charge on any atom is 0.331 e. The summed E-state index contributed by atoms with van der Waals surface area (Å²) in [5.74, 6) is 0. The number of urea groups is 1. The van der Waals surface area contributed by atoms with Crippen LogP contribution in [-0.4, -0.2) is 43.9 Å². The van der Waals surface area contributed by atoms with Gasteiger partial charge >= 0.3 is 6.03 Å². The molecule has 0 aromatic rings. The molecule has 0 bridgehead atoms. The Balaban J connectivity index is 2.20. The molecule has 1 fully saturated rings. The first kappa shape index (κ1) is 9.21. The number of piperazine rings is 1. The summed E-state index contributed by atoms with van der Waals surface area (Å²) >= 11 is 0. The fourth-order valence-corrected chi connectivity index (χ4v) is 1.06. The Labute approximate surface area is 70.3 Å². The van der Waals surface area contributed by atoms with Crippen LogP contribution in [0.25, 0.3) is 0 Å². The van der Waals surface area contributed by atoms with Crippen molar-refractivity contribution in [3.05, 3.63) is 0 Å². The van der Waals surface area contributed by atoms with E-state index in [4.69, 9.17) is 0 Å². The van der Waals surface area contributed by atoms with E-state index in [1.54, 1.807) is 4.90 Å². The summed E-state index contributed by atoms with van der Waals surface area (Å²) in [5.41, 5.74) is 4.35. The van der Waals surface area contributed by atoms with E-state index >= 15 is 0 Å². The second-order valence-electron chi connectivity index (χ2n) is 2.48. The first-order chi connectivity index (χ1) is 5.84. The van der Waals surface area contributed by atoms with Crippen molar-refractivity contribution in [1.29, 1.82) is 0 Å². The molecule has 3 N–H and O–H groups in total. The first-order valence-corrected chi connectivity index (χ1v) is 3.89. The van der Waals surface area contributed by atoms with Crippen molar-refractivity contribution >= 4 is 6.03 Å². The van der Waals surface area contributed by atoms with Crippen molar-refractivity contribution in [3.63, 3.8) is 0 Å². The maximum absolute atomic E-state index is 11.6. The fourth-order valence-electron chi connectivity index (χ4n) is 1.06. The lowest BCUT2D eigenvalue weighted by molar-refractivity contribution is 0.182. The van der Waals surface area contributed by atoms with E-state index in [0.29, 0.717) is 13.1 Å². The summed E-state index contributed by atoms with van der Waals surface area (Å²) in [6.07, 6.45) is 0. The number of amides is 2. The van der Waals surface area contributed by atoms with Crippen LogP contribution in [0.1, 0.15) is 0 Å². The maximum atomic E-state index is 11.6. The molecule has 1 heterocycles. The molecule has 1 rings (SSSR count). The molecule has 0 saturated carbocycles. The molecule has 0 aliphatic carbocycles. The number of alkyl halides is 1. The molecule has 0 unspecified atom stereocenters. The van der Waals surface area contributed by atoms with Gasteiger partial charge in [0.15, 0.2) is 6.80 Å². The molecule has 0 aromatic heterocycles. The predicted octanol–water partition coefficient (Wildman–Crippen LogP) is -0.967. The van der Waals surface area contributed by atoms with Gasteiger partial charge in [-0.15, -0.1) is 0 Å². The molecule has 0 aromatic carbocycles. The molecule has 0 radical (unpaired) electrons. The van der Waals surface area contributed by atoms with Crippen LogP contribution in [0.2, 0.25) is 0 Å². The lowest BCUT2D eigenvalue weighted by Crippen LogP contribution is -2.53. The highest BCUT2D eigenvalue weighted by atomic mass is 19.1. The summed E-state index contributed by atoms with van der Waals surface area (Å²) in [4.78, 5) is 12.7. The minimum Gasteiger partial charge on any atom is -0.321 e. The van der Waals surface area contributed by atoms with Gasteiger partial charge in [-0.25, -0.2) is 14.6 Å². The summed E-state index contributed by atoms with van der Waals surface area (Å²) in [6.45, 7) is 2.17. The molecule has 1 aliphatic heterocycles. The van der Waals surface area contributed by atoms with Gasteiger partial charge in [0.25, 0.3) is 0 Å². The van der Waals surface area contributed by atoms with E-state index in [0.717, 1.165) is 13.1 Å². The van der Waals surface area contributed by atoms with E-state index < -0.39 is 6.80 Å². The molecule has 0 spiro atoms. The SMILES string of the molecule is O=C(NNCF)N1CCNCC1. The Morgan fingerprint density at radius 1 is 1.50 bits per heavy atom. The number of carbonyl (C=O) groups excluding carboxylic acids is 1. The Kier molecular flexibility index (Phi) is 3.75. The third-order valence-corrected chi connectivity index (χ3v) is 1.67. The fraction of sp³-hybridized carbons (Fsp3) is 0.833. The highest BCUT2D eigenvalue weighted by molar-refractivity contribution is 5.73. The van der Waals surface area contributed by atoms with Crippen LogP contribution in [0.5, 0.6) is 0 Å². The molecule has 0 atom stereocenters. The third-order valence-electron chi connectivity index (χ3n) is 1.67. The van der Waals surface area contributed by atoms with E-state index in [9.17, 15) is 9.18 Å². The number of hydrazine groups is 1. The van der Waals surface area contributed by atoms with Crippen LogP contribution < -0.4 is 16.2 Å². The van der Waals surface area contributed by atoms with Crippen molar-refractivity contribution in [2.45, 2.75) is 0 Å². The smallest absolute Gasteiger partial charge is 0.321 e. The van der Waals surface area contributed by atoms with Gasteiger partial charge in [-0.3, -0.25) is 5.43 Å². The van der Waals surface area contributed by atoms with Crippen molar-refractivity contribution in [3.8, 4) is 0 Å². The Morgan fingerprint density at radius 2 is 2.17 bits per heavy atom. The second-order valence-corrected chi connectivity index (χ2v) is 2.48. The van der Waals surface area contributed by atoms with E-state index in [1.807, 2.05) is 0 Å². The Morgan fingerprint density at radius 3 is 2.75 bits per heavy atom. The topological polar surface area (TPSA) is 56.4 Å². The first-order valence-electron chi connectivity index (χ1n) is 3.89. The van der Waals surface area contributed by atoms with Crippen molar-refractivity contribution in [2.75, 3.05) is 33.0 Å². The van der Waals surface area contributed by atoms with Crippen LogP contribution in [0.4, 0.5) is 9.18 Å². The molecule has 2 amide bonds. The highest BCUT2D eigenvalue weighted by Gasteiger charge is 2.14. The van der Waals surface area contributed by atoms with Crippen molar-refractivity contribution < 1.29 is 9.18 Å². The number of nitrogens with one attached hydrogen (secondary N) is 3.